The number of nitrogens with two attached hydrogens (primary N) is 1. The summed E-state index contributed by atoms with van der Waals surface area (Å²) < 4.78 is 12.2. The van der Waals surface area contributed by atoms with E-state index in [-0.39, 0.29) is 11.5 Å². The first-order valence-corrected chi connectivity index (χ1v) is 12.0. The average molecular weight is 451 g/mol. The van der Waals surface area contributed by atoms with E-state index in [4.69, 9.17) is 15.2 Å². The second kappa shape index (κ2) is 8.52. The van der Waals surface area contributed by atoms with Crippen LogP contribution >= 0.6 is 0 Å². The monoisotopic (exact) mass is 450 g/mol. The van der Waals surface area contributed by atoms with E-state index in [0.717, 1.165) is 57.1 Å². The van der Waals surface area contributed by atoms with Gasteiger partial charge in [0.15, 0.2) is 11.5 Å². The number of hydrogen-bond donors (Lipinski definition) is 1. The molecule has 1 aromatic carbocycles. The molecule has 1 spiro atoms. The Balaban J connectivity index is 1.15. The lowest BCUT2D eigenvalue weighted by Crippen LogP contribution is -2.48. The SMILES string of the molecule is CC1(C)COc2c(CN3CCC4(CC3)CCN(C(=O)c3ccc(N)cn3)CC4)cccc2O1. The Morgan fingerprint density at radius 3 is 2.48 bits per heavy atom. The number of benzene rings is 1. The molecule has 176 valence electrons. The first-order valence-electron chi connectivity index (χ1n) is 12.0. The fourth-order valence-electron chi connectivity index (χ4n) is 5.31. The summed E-state index contributed by atoms with van der Waals surface area (Å²) in [5.41, 5.74) is 8.02. The van der Waals surface area contributed by atoms with Gasteiger partial charge in [0.2, 0.25) is 0 Å². The van der Waals surface area contributed by atoms with Crippen LogP contribution in [0.5, 0.6) is 11.5 Å². The lowest BCUT2D eigenvalue weighted by Gasteiger charge is -2.47. The number of pyridine rings is 1. The maximum Gasteiger partial charge on any atom is 0.272 e. The number of piperidine rings is 2. The van der Waals surface area contributed by atoms with Gasteiger partial charge in [0.1, 0.15) is 17.9 Å². The molecule has 1 amide bonds. The molecule has 7 heteroatoms. The molecule has 1 aromatic heterocycles. The van der Waals surface area contributed by atoms with Gasteiger partial charge in [-0.05, 0) is 76.2 Å². The molecule has 5 rings (SSSR count). The van der Waals surface area contributed by atoms with E-state index in [0.29, 0.717) is 23.4 Å². The number of ether oxygens (including phenoxy) is 2. The number of carbonyl (C=O) groups is 1. The van der Waals surface area contributed by atoms with Crippen molar-refractivity contribution in [3.8, 4) is 11.5 Å². The van der Waals surface area contributed by atoms with E-state index in [2.05, 4.69) is 35.9 Å². The third-order valence-electron chi connectivity index (χ3n) is 7.44. The Morgan fingerprint density at radius 2 is 1.79 bits per heavy atom. The van der Waals surface area contributed by atoms with Crippen LogP contribution in [-0.4, -0.2) is 59.1 Å². The normalized spacial score (nSPS) is 21.7. The Kier molecular flexibility index (Phi) is 5.69. The summed E-state index contributed by atoms with van der Waals surface area (Å²) in [5, 5.41) is 0. The first-order chi connectivity index (χ1) is 15.8. The second-order valence-electron chi connectivity index (χ2n) is 10.4. The summed E-state index contributed by atoms with van der Waals surface area (Å²) in [6, 6.07) is 9.68. The van der Waals surface area contributed by atoms with Gasteiger partial charge in [0, 0.05) is 25.2 Å². The van der Waals surface area contributed by atoms with Gasteiger partial charge in [-0.25, -0.2) is 4.98 Å². The molecule has 2 N–H and O–H groups in total. The molecule has 33 heavy (non-hydrogen) atoms. The molecule has 0 radical (unpaired) electrons. The van der Waals surface area contributed by atoms with Crippen molar-refractivity contribution in [1.82, 2.24) is 14.8 Å². The van der Waals surface area contributed by atoms with E-state index in [1.54, 1.807) is 18.3 Å². The predicted octanol–water partition coefficient (Wildman–Crippen LogP) is 3.73. The van der Waals surface area contributed by atoms with Crippen LogP contribution in [0.2, 0.25) is 0 Å². The number of rotatable bonds is 3. The van der Waals surface area contributed by atoms with Gasteiger partial charge in [-0.3, -0.25) is 9.69 Å². The average Bonchev–Trinajstić information content (AvgIpc) is 2.81. The zero-order valence-electron chi connectivity index (χ0n) is 19.7. The van der Waals surface area contributed by atoms with E-state index in [1.165, 1.54) is 18.4 Å². The third kappa shape index (κ3) is 4.64. The minimum absolute atomic E-state index is 0.0153. The molecule has 2 aromatic rings. The van der Waals surface area contributed by atoms with Gasteiger partial charge in [-0.1, -0.05) is 12.1 Å². The number of amides is 1. The molecule has 0 bridgehead atoms. The molecule has 0 unspecified atom stereocenters. The maximum absolute atomic E-state index is 12.8. The summed E-state index contributed by atoms with van der Waals surface area (Å²) in [5.74, 6) is 1.77. The van der Waals surface area contributed by atoms with Crippen LogP contribution < -0.4 is 15.2 Å². The lowest BCUT2D eigenvalue weighted by molar-refractivity contribution is 0.0172. The fraction of sp³-hybridized carbons (Fsp3) is 0.538. The number of hydrogen-bond acceptors (Lipinski definition) is 6. The molecule has 3 aliphatic rings. The molecule has 4 heterocycles. The van der Waals surface area contributed by atoms with Crippen molar-refractivity contribution in [2.75, 3.05) is 38.5 Å². The third-order valence-corrected chi connectivity index (χ3v) is 7.44. The topological polar surface area (TPSA) is 80.9 Å². The number of nitrogen functional groups attached to an aromatic ring is 1. The minimum atomic E-state index is -0.288. The van der Waals surface area contributed by atoms with Crippen molar-refractivity contribution in [2.24, 2.45) is 5.41 Å². The number of carbonyl (C=O) groups excluding carboxylic acids is 1. The van der Waals surface area contributed by atoms with Crippen molar-refractivity contribution >= 4 is 11.6 Å². The van der Waals surface area contributed by atoms with Crippen LogP contribution in [-0.2, 0) is 6.54 Å². The van der Waals surface area contributed by atoms with Crippen molar-refractivity contribution in [3.63, 3.8) is 0 Å². The number of para-hydroxylation sites is 1. The van der Waals surface area contributed by atoms with Crippen molar-refractivity contribution in [1.29, 1.82) is 0 Å². The van der Waals surface area contributed by atoms with Crippen molar-refractivity contribution in [2.45, 2.75) is 51.7 Å². The van der Waals surface area contributed by atoms with Crippen LogP contribution in [0.3, 0.4) is 0 Å². The Morgan fingerprint density at radius 1 is 1.06 bits per heavy atom. The van der Waals surface area contributed by atoms with Gasteiger partial charge >= 0.3 is 0 Å². The molecule has 7 nitrogen and oxygen atoms in total. The molecule has 0 saturated carbocycles. The first kappa shape index (κ1) is 22.0. The summed E-state index contributed by atoms with van der Waals surface area (Å²) >= 11 is 0. The summed E-state index contributed by atoms with van der Waals surface area (Å²) in [6.07, 6.45) is 6.03. The van der Waals surface area contributed by atoms with Gasteiger partial charge < -0.3 is 20.1 Å². The van der Waals surface area contributed by atoms with Gasteiger partial charge in [-0.15, -0.1) is 0 Å². The molecule has 0 aliphatic carbocycles. The molecule has 3 aliphatic heterocycles. The van der Waals surface area contributed by atoms with Crippen LogP contribution in [0.15, 0.2) is 36.5 Å². The largest absolute Gasteiger partial charge is 0.485 e. The molecular formula is C26H34N4O3. The van der Waals surface area contributed by atoms with Gasteiger partial charge in [0.05, 0.1) is 11.9 Å². The highest BCUT2D eigenvalue weighted by molar-refractivity contribution is 5.92. The van der Waals surface area contributed by atoms with Gasteiger partial charge in [-0.2, -0.15) is 0 Å². The Hall–Kier alpha value is -2.80. The van der Waals surface area contributed by atoms with E-state index >= 15 is 0 Å². The highest BCUT2D eigenvalue weighted by Gasteiger charge is 2.39. The zero-order chi connectivity index (χ0) is 23.1. The maximum atomic E-state index is 12.8. The van der Waals surface area contributed by atoms with Crippen LogP contribution in [0.1, 0.15) is 55.6 Å². The summed E-state index contributed by atoms with van der Waals surface area (Å²) in [7, 11) is 0. The smallest absolute Gasteiger partial charge is 0.272 e. The number of aromatic nitrogens is 1. The standard InChI is InChI=1S/C26H34N4O3/c1-25(2)18-32-23-19(4-3-5-22(23)33-25)17-29-12-8-26(9-13-29)10-14-30(15-11-26)24(31)21-7-6-20(27)16-28-21/h3-7,16H,8-15,17-18,27H2,1-2H3. The minimum Gasteiger partial charge on any atom is -0.485 e. The Bertz CT molecular complexity index is 1000. The lowest BCUT2D eigenvalue weighted by atomic mass is 9.71. The number of nitrogens with zero attached hydrogens (tertiary/aromatic N) is 3. The number of anilines is 1. The van der Waals surface area contributed by atoms with Crippen LogP contribution in [0.25, 0.3) is 0 Å². The van der Waals surface area contributed by atoms with Crippen LogP contribution in [0.4, 0.5) is 5.69 Å². The van der Waals surface area contributed by atoms with E-state index in [9.17, 15) is 4.79 Å². The quantitative estimate of drug-likeness (QED) is 0.767. The predicted molar refractivity (Wildman–Crippen MR) is 127 cm³/mol. The van der Waals surface area contributed by atoms with E-state index < -0.39 is 0 Å². The molecule has 0 atom stereocenters. The summed E-state index contributed by atoms with van der Waals surface area (Å²) in [6.45, 7) is 9.32. The van der Waals surface area contributed by atoms with Crippen molar-refractivity contribution in [3.05, 3.63) is 47.8 Å². The molecular weight excluding hydrogens is 416 g/mol. The Labute approximate surface area is 195 Å². The fourth-order valence-corrected chi connectivity index (χ4v) is 5.31. The van der Waals surface area contributed by atoms with Crippen molar-refractivity contribution < 1.29 is 14.3 Å². The highest BCUT2D eigenvalue weighted by Crippen LogP contribution is 2.43. The zero-order valence-corrected chi connectivity index (χ0v) is 19.7. The molecule has 2 fully saturated rings. The molecule has 2 saturated heterocycles. The van der Waals surface area contributed by atoms with Gasteiger partial charge in [0.25, 0.3) is 5.91 Å². The highest BCUT2D eigenvalue weighted by atomic mass is 16.6. The van der Waals surface area contributed by atoms with Crippen LogP contribution in [0, 0.1) is 5.41 Å². The number of likely N-dealkylation sites (tertiary alicyclic amines) is 2. The number of fused-ring (bicyclic) bond motifs is 1. The summed E-state index contributed by atoms with van der Waals surface area (Å²) in [4.78, 5) is 21.5. The second-order valence-corrected chi connectivity index (χ2v) is 10.4. The van der Waals surface area contributed by atoms with E-state index in [1.807, 2.05) is 11.0 Å².